The van der Waals surface area contributed by atoms with Gasteiger partial charge >= 0.3 is 17.9 Å². The van der Waals surface area contributed by atoms with Gasteiger partial charge in [-0.25, -0.2) is 0 Å². The maximum absolute atomic E-state index is 12.9. The molecule has 0 aliphatic heterocycles. The second-order valence-electron chi connectivity index (χ2n) is 21.2. The summed E-state index contributed by atoms with van der Waals surface area (Å²) in [7, 11) is 0. The summed E-state index contributed by atoms with van der Waals surface area (Å²) in [6, 6.07) is 0. The van der Waals surface area contributed by atoms with E-state index in [4.69, 9.17) is 14.2 Å². The van der Waals surface area contributed by atoms with Crippen molar-refractivity contribution in [1.29, 1.82) is 0 Å². The zero-order valence-corrected chi connectivity index (χ0v) is 52.2. The van der Waals surface area contributed by atoms with Crippen LogP contribution in [0.3, 0.4) is 0 Å². The van der Waals surface area contributed by atoms with Gasteiger partial charge in [0.2, 0.25) is 0 Å². The molecule has 0 aliphatic rings. The van der Waals surface area contributed by atoms with Gasteiger partial charge in [0.15, 0.2) is 6.10 Å². The topological polar surface area (TPSA) is 78.9 Å². The molecule has 0 spiro atoms. The molecule has 6 nitrogen and oxygen atoms in total. The highest BCUT2D eigenvalue weighted by molar-refractivity contribution is 5.72. The van der Waals surface area contributed by atoms with E-state index in [1.54, 1.807) is 6.08 Å². The van der Waals surface area contributed by atoms with Crippen LogP contribution in [0.4, 0.5) is 0 Å². The van der Waals surface area contributed by atoms with Gasteiger partial charge in [-0.3, -0.25) is 14.4 Å². The largest absolute Gasteiger partial charge is 0.462 e. The third-order valence-electron chi connectivity index (χ3n) is 13.5. The quantitative estimate of drug-likeness (QED) is 0.0261. The first kappa shape index (κ1) is 76.0. The van der Waals surface area contributed by atoms with Gasteiger partial charge in [0.25, 0.3) is 0 Å². The summed E-state index contributed by atoms with van der Waals surface area (Å²) in [4.78, 5) is 38.3. The summed E-state index contributed by atoms with van der Waals surface area (Å²) >= 11 is 0. The first-order chi connectivity index (χ1) is 40.0. The van der Waals surface area contributed by atoms with E-state index in [2.05, 4.69) is 167 Å². The number of carbonyl (C=O) groups excluding carboxylic acids is 3. The van der Waals surface area contributed by atoms with Crippen molar-refractivity contribution >= 4 is 17.9 Å². The molecule has 0 heterocycles. The second-order valence-corrected chi connectivity index (χ2v) is 21.2. The van der Waals surface area contributed by atoms with E-state index in [1.807, 2.05) is 6.08 Å². The number of ether oxygens (including phenoxy) is 3. The van der Waals surface area contributed by atoms with Crippen LogP contribution in [0.5, 0.6) is 0 Å². The van der Waals surface area contributed by atoms with E-state index in [9.17, 15) is 14.4 Å². The van der Waals surface area contributed by atoms with Crippen molar-refractivity contribution in [2.45, 2.75) is 284 Å². The third-order valence-corrected chi connectivity index (χ3v) is 13.5. The van der Waals surface area contributed by atoms with Crippen LogP contribution in [0.25, 0.3) is 0 Å². The number of carbonyl (C=O) groups is 3. The molecule has 0 saturated carbocycles. The maximum atomic E-state index is 12.9. The van der Waals surface area contributed by atoms with Crippen LogP contribution in [-0.2, 0) is 28.6 Å². The SMILES string of the molecule is CC/C=C\C/C=C\C/C=C\C/C=C\C/C=C\CC(=O)OCC(COC(=O)CCCCCCCCCCCCCC/C=C\C/C=C\C/C=C\C/C=C\CC)OC(=O)CCCCCCCCCCCC/C=C\C/C=C\C/C=C\C/C=C\CC. The first-order valence-electron chi connectivity index (χ1n) is 33.0. The summed E-state index contributed by atoms with van der Waals surface area (Å²) < 4.78 is 16.8. The minimum atomic E-state index is -0.830. The number of rotatable bonds is 58. The van der Waals surface area contributed by atoms with Gasteiger partial charge < -0.3 is 14.2 Å². The number of esters is 3. The molecule has 81 heavy (non-hydrogen) atoms. The smallest absolute Gasteiger partial charge is 0.309 e. The molecule has 0 saturated heterocycles. The second kappa shape index (κ2) is 67.5. The Labute approximate surface area is 499 Å². The van der Waals surface area contributed by atoms with Crippen molar-refractivity contribution in [3.63, 3.8) is 0 Å². The van der Waals surface area contributed by atoms with Gasteiger partial charge in [-0.05, 0) is 122 Å². The Morgan fingerprint density at radius 3 is 0.802 bits per heavy atom. The Morgan fingerprint density at radius 1 is 0.259 bits per heavy atom. The number of hydrogen-bond donors (Lipinski definition) is 0. The van der Waals surface area contributed by atoms with E-state index in [0.717, 1.165) is 122 Å². The lowest BCUT2D eigenvalue weighted by Crippen LogP contribution is -2.30. The van der Waals surface area contributed by atoms with Crippen molar-refractivity contribution in [2.24, 2.45) is 0 Å². The summed E-state index contributed by atoms with van der Waals surface area (Å²) in [6.45, 7) is 6.22. The first-order valence-corrected chi connectivity index (χ1v) is 33.0. The molecule has 0 rings (SSSR count). The normalized spacial score (nSPS) is 13.2. The molecule has 6 heteroatoms. The molecular weight excluding hydrogens is 997 g/mol. The van der Waals surface area contributed by atoms with Crippen LogP contribution in [-0.4, -0.2) is 37.2 Å². The van der Waals surface area contributed by atoms with E-state index in [1.165, 1.54) is 116 Å². The lowest BCUT2D eigenvalue weighted by molar-refractivity contribution is -0.166. The van der Waals surface area contributed by atoms with Crippen molar-refractivity contribution in [3.05, 3.63) is 158 Å². The molecule has 1 unspecified atom stereocenters. The van der Waals surface area contributed by atoms with Crippen molar-refractivity contribution in [3.8, 4) is 0 Å². The highest BCUT2D eigenvalue weighted by Gasteiger charge is 2.19. The zero-order valence-electron chi connectivity index (χ0n) is 52.2. The van der Waals surface area contributed by atoms with Gasteiger partial charge in [0.1, 0.15) is 13.2 Å². The van der Waals surface area contributed by atoms with E-state index in [-0.39, 0.29) is 31.6 Å². The standard InChI is InChI=1S/C75H120O6/c1-4-7-10-13-16-19-22-25-28-30-32-34-36-37-39-40-42-44-47-50-53-56-59-62-65-68-74(77)80-71-72(70-79-73(76)67-64-61-58-55-52-49-46-27-24-21-18-15-12-9-6-3)81-75(78)69-66-63-60-57-54-51-48-45-43-41-38-35-33-31-29-26-23-20-17-14-11-8-5-2/h7-12,16-21,25-29,32-35,46,52,55,61,64,72H,4-6,13-15,22-24,30-31,36-45,47-51,53-54,56-60,62-63,65-71H2,1-3H3/b10-7-,11-8-,12-9-,19-16-,20-17-,21-18-,28-25-,29-26-,34-32-,35-33-,46-27-,55-52-,64-61-. The molecule has 0 aromatic rings. The molecule has 0 N–H and O–H groups in total. The van der Waals surface area contributed by atoms with Crippen LogP contribution in [0.15, 0.2) is 158 Å². The predicted octanol–water partition coefficient (Wildman–Crippen LogP) is 22.9. The molecule has 0 aromatic heterocycles. The molecule has 0 fully saturated rings. The highest BCUT2D eigenvalue weighted by atomic mass is 16.6. The predicted molar refractivity (Wildman–Crippen MR) is 352 cm³/mol. The Bertz CT molecular complexity index is 1810. The summed E-state index contributed by atoms with van der Waals surface area (Å²) in [5.41, 5.74) is 0. The van der Waals surface area contributed by atoms with Crippen molar-refractivity contribution < 1.29 is 28.6 Å². The summed E-state index contributed by atoms with van der Waals surface area (Å²) in [6.07, 6.45) is 98.5. The Kier molecular flexibility index (Phi) is 63.4. The summed E-state index contributed by atoms with van der Waals surface area (Å²) in [5, 5.41) is 0. The molecule has 0 bridgehead atoms. The van der Waals surface area contributed by atoms with Crippen molar-refractivity contribution in [2.75, 3.05) is 13.2 Å². The van der Waals surface area contributed by atoms with E-state index in [0.29, 0.717) is 12.8 Å². The fraction of sp³-hybridized carbons (Fsp3) is 0.613. The van der Waals surface area contributed by atoms with Crippen LogP contribution in [0.2, 0.25) is 0 Å². The molecule has 0 aromatic carbocycles. The Hall–Kier alpha value is -4.97. The molecule has 1 atom stereocenters. The lowest BCUT2D eigenvalue weighted by Gasteiger charge is -2.18. The monoisotopic (exact) mass is 1120 g/mol. The number of allylic oxidation sites excluding steroid dienone is 25. The Morgan fingerprint density at radius 2 is 0.494 bits per heavy atom. The third kappa shape index (κ3) is 65.7. The minimum absolute atomic E-state index is 0.116. The lowest BCUT2D eigenvalue weighted by atomic mass is 10.0. The minimum Gasteiger partial charge on any atom is -0.462 e. The maximum Gasteiger partial charge on any atom is 0.309 e. The average Bonchev–Trinajstić information content (AvgIpc) is 3.47. The van der Waals surface area contributed by atoms with Gasteiger partial charge in [0.05, 0.1) is 6.42 Å². The molecule has 0 aliphatic carbocycles. The van der Waals surface area contributed by atoms with Crippen LogP contribution in [0, 0.1) is 0 Å². The molecule has 0 amide bonds. The van der Waals surface area contributed by atoms with Crippen molar-refractivity contribution in [1.82, 2.24) is 0 Å². The summed E-state index contributed by atoms with van der Waals surface area (Å²) in [5.74, 6) is -1.06. The van der Waals surface area contributed by atoms with E-state index >= 15 is 0 Å². The fourth-order valence-electron chi connectivity index (χ4n) is 8.73. The van der Waals surface area contributed by atoms with Gasteiger partial charge in [-0.15, -0.1) is 0 Å². The van der Waals surface area contributed by atoms with Gasteiger partial charge in [-0.1, -0.05) is 294 Å². The van der Waals surface area contributed by atoms with Gasteiger partial charge in [0, 0.05) is 12.8 Å². The average molecular weight is 1120 g/mol. The molecule has 456 valence electrons. The number of hydrogen-bond acceptors (Lipinski definition) is 6. The molecule has 0 radical (unpaired) electrons. The highest BCUT2D eigenvalue weighted by Crippen LogP contribution is 2.16. The number of unbranched alkanes of at least 4 members (excludes halogenated alkanes) is 22. The molecular formula is C75H120O6. The Balaban J connectivity index is 4.43. The zero-order chi connectivity index (χ0) is 58.5. The van der Waals surface area contributed by atoms with Crippen LogP contribution >= 0.6 is 0 Å². The van der Waals surface area contributed by atoms with Crippen LogP contribution in [0.1, 0.15) is 278 Å². The van der Waals surface area contributed by atoms with Gasteiger partial charge in [-0.2, -0.15) is 0 Å². The fourth-order valence-corrected chi connectivity index (χ4v) is 8.73. The van der Waals surface area contributed by atoms with Crippen LogP contribution < -0.4 is 0 Å². The van der Waals surface area contributed by atoms with E-state index < -0.39 is 12.1 Å².